The van der Waals surface area contributed by atoms with Crippen LogP contribution in [0.25, 0.3) is 0 Å². The van der Waals surface area contributed by atoms with E-state index in [0.29, 0.717) is 0 Å². The van der Waals surface area contributed by atoms with Gasteiger partial charge in [0.1, 0.15) is 5.92 Å². The van der Waals surface area contributed by atoms with Crippen molar-refractivity contribution in [3.8, 4) is 0 Å². The van der Waals surface area contributed by atoms with Crippen molar-refractivity contribution in [1.82, 2.24) is 0 Å². The molecule has 1 rings (SSSR count). The summed E-state index contributed by atoms with van der Waals surface area (Å²) in [6, 6.07) is 0. The molecule has 2 unspecified atom stereocenters. The van der Waals surface area contributed by atoms with Gasteiger partial charge >= 0.3 is 11.9 Å². The zero-order chi connectivity index (χ0) is 14.6. The monoisotopic (exact) mass is 266 g/mol. The normalized spacial score (nSPS) is 25.5. The van der Waals surface area contributed by atoms with Crippen molar-refractivity contribution in [2.45, 2.75) is 6.42 Å². The van der Waals surface area contributed by atoms with Crippen LogP contribution in [0, 0.1) is 11.3 Å². The van der Waals surface area contributed by atoms with Gasteiger partial charge in [-0.05, 0) is 18.1 Å². The molecule has 1 aliphatic rings. The van der Waals surface area contributed by atoms with Crippen LogP contribution in [0.1, 0.15) is 6.42 Å². The van der Waals surface area contributed by atoms with E-state index in [-0.39, 0.29) is 18.6 Å². The number of hydrogen-bond acceptors (Lipinski definition) is 4. The number of carboxylic acid groups (broad SMARTS) is 2. The van der Waals surface area contributed by atoms with Crippen LogP contribution in [-0.2, 0) is 14.4 Å². The van der Waals surface area contributed by atoms with Gasteiger partial charge in [-0.3, -0.25) is 14.4 Å². The van der Waals surface area contributed by atoms with Crippen LogP contribution in [0.5, 0.6) is 0 Å². The Morgan fingerprint density at radius 3 is 2.42 bits per heavy atom. The van der Waals surface area contributed by atoms with Crippen LogP contribution in [-0.4, -0.2) is 39.6 Å². The summed E-state index contributed by atoms with van der Waals surface area (Å²) in [5, 5.41) is 27.6. The maximum atomic E-state index is 12.0. The maximum absolute atomic E-state index is 12.0. The molecule has 0 fully saturated rings. The second kappa shape index (κ2) is 5.62. The van der Waals surface area contributed by atoms with Gasteiger partial charge in [-0.1, -0.05) is 24.8 Å². The average molecular weight is 266 g/mol. The van der Waals surface area contributed by atoms with E-state index in [1.807, 2.05) is 0 Å². The van der Waals surface area contributed by atoms with Crippen LogP contribution >= 0.6 is 0 Å². The lowest BCUT2D eigenvalue weighted by molar-refractivity contribution is -0.161. The van der Waals surface area contributed by atoms with Crippen LogP contribution in [0.3, 0.4) is 0 Å². The molecule has 0 saturated carbocycles. The number of carbonyl (C=O) groups is 3. The SMILES string of the molecule is C=CC(=O)C1(C(=O)O)C(CCO)=CC=CC1C(=O)O. The fourth-order valence-corrected chi connectivity index (χ4v) is 2.28. The summed E-state index contributed by atoms with van der Waals surface area (Å²) < 4.78 is 0. The molecule has 6 nitrogen and oxygen atoms in total. The van der Waals surface area contributed by atoms with Crippen LogP contribution in [0.2, 0.25) is 0 Å². The van der Waals surface area contributed by atoms with E-state index in [1.54, 1.807) is 0 Å². The molecule has 1 aliphatic carbocycles. The second-order valence-electron chi connectivity index (χ2n) is 4.05. The number of ketones is 1. The highest BCUT2D eigenvalue weighted by molar-refractivity contribution is 6.14. The summed E-state index contributed by atoms with van der Waals surface area (Å²) in [6.07, 6.45) is 4.58. The molecule has 0 bridgehead atoms. The molecule has 0 spiro atoms. The van der Waals surface area contributed by atoms with Crippen molar-refractivity contribution in [1.29, 1.82) is 0 Å². The first-order valence-corrected chi connectivity index (χ1v) is 5.54. The fraction of sp³-hybridized carbons (Fsp3) is 0.308. The zero-order valence-corrected chi connectivity index (χ0v) is 10.1. The summed E-state index contributed by atoms with van der Waals surface area (Å²) in [7, 11) is 0. The van der Waals surface area contributed by atoms with Crippen molar-refractivity contribution < 1.29 is 29.7 Å². The number of hydrogen-bond donors (Lipinski definition) is 3. The molecule has 6 heteroatoms. The van der Waals surface area contributed by atoms with Gasteiger partial charge in [0.2, 0.25) is 0 Å². The first-order chi connectivity index (χ1) is 8.92. The number of aliphatic hydroxyl groups is 1. The third kappa shape index (κ3) is 2.22. The third-order valence-electron chi connectivity index (χ3n) is 3.13. The highest BCUT2D eigenvalue weighted by Crippen LogP contribution is 2.43. The van der Waals surface area contributed by atoms with Gasteiger partial charge in [0, 0.05) is 6.61 Å². The van der Waals surface area contributed by atoms with Gasteiger partial charge in [-0.2, -0.15) is 0 Å². The smallest absolute Gasteiger partial charge is 0.323 e. The van der Waals surface area contributed by atoms with E-state index >= 15 is 0 Å². The Bertz CT molecular complexity index is 487. The van der Waals surface area contributed by atoms with Gasteiger partial charge in [0.25, 0.3) is 0 Å². The fourth-order valence-electron chi connectivity index (χ4n) is 2.28. The molecule has 19 heavy (non-hydrogen) atoms. The largest absolute Gasteiger partial charge is 0.481 e. The van der Waals surface area contributed by atoms with Crippen molar-refractivity contribution >= 4 is 17.7 Å². The quantitative estimate of drug-likeness (QED) is 0.473. The molecule has 0 heterocycles. The molecular formula is C13H14O6. The minimum absolute atomic E-state index is 0.0577. The zero-order valence-electron chi connectivity index (χ0n) is 10.1. The van der Waals surface area contributed by atoms with Crippen LogP contribution in [0.4, 0.5) is 0 Å². The predicted molar refractivity (Wildman–Crippen MR) is 65.3 cm³/mol. The summed E-state index contributed by atoms with van der Waals surface area (Å²) in [4.78, 5) is 34.9. The molecule has 3 N–H and O–H groups in total. The third-order valence-corrected chi connectivity index (χ3v) is 3.13. The van der Waals surface area contributed by atoms with E-state index in [9.17, 15) is 19.5 Å². The number of aliphatic carboxylic acids is 2. The molecule has 0 aliphatic heterocycles. The Kier molecular flexibility index (Phi) is 4.39. The molecule has 2 atom stereocenters. The summed E-state index contributed by atoms with van der Waals surface area (Å²) in [5.74, 6) is -5.41. The molecule has 102 valence electrons. The van der Waals surface area contributed by atoms with Crippen molar-refractivity contribution in [2.75, 3.05) is 6.61 Å². The summed E-state index contributed by atoms with van der Waals surface area (Å²) in [6.45, 7) is 2.85. The minimum Gasteiger partial charge on any atom is -0.481 e. The Morgan fingerprint density at radius 1 is 1.37 bits per heavy atom. The number of allylic oxidation sites excluding steroid dienone is 3. The topological polar surface area (TPSA) is 112 Å². The average Bonchev–Trinajstić information content (AvgIpc) is 2.37. The lowest BCUT2D eigenvalue weighted by Gasteiger charge is -2.35. The first kappa shape index (κ1) is 14.8. The summed E-state index contributed by atoms with van der Waals surface area (Å²) in [5.41, 5.74) is -2.17. The number of rotatable bonds is 6. The standard InChI is InChI=1S/C13H14O6/c1-2-10(15)13(12(18)19)8(6-7-14)4-3-5-9(13)11(16)17/h2-5,9,14H,1,6-7H2,(H,16,17)(H,18,19). The Labute approximate surface area is 109 Å². The van der Waals surface area contributed by atoms with E-state index in [0.717, 1.165) is 12.2 Å². The van der Waals surface area contributed by atoms with E-state index in [2.05, 4.69) is 6.58 Å². The van der Waals surface area contributed by atoms with E-state index in [4.69, 9.17) is 10.2 Å². The Balaban J connectivity index is 3.54. The second-order valence-corrected chi connectivity index (χ2v) is 4.05. The summed E-state index contributed by atoms with van der Waals surface area (Å²) >= 11 is 0. The maximum Gasteiger partial charge on any atom is 0.323 e. The van der Waals surface area contributed by atoms with Crippen LogP contribution < -0.4 is 0 Å². The number of aliphatic hydroxyl groups excluding tert-OH is 1. The van der Waals surface area contributed by atoms with Gasteiger partial charge < -0.3 is 15.3 Å². The lowest BCUT2D eigenvalue weighted by atomic mass is 9.64. The first-order valence-electron chi connectivity index (χ1n) is 5.54. The van der Waals surface area contributed by atoms with E-state index < -0.39 is 29.1 Å². The van der Waals surface area contributed by atoms with E-state index in [1.165, 1.54) is 12.2 Å². The lowest BCUT2D eigenvalue weighted by Crippen LogP contribution is -2.50. The molecular weight excluding hydrogens is 252 g/mol. The minimum atomic E-state index is -2.23. The van der Waals surface area contributed by atoms with Crippen molar-refractivity contribution in [2.24, 2.45) is 11.3 Å². The van der Waals surface area contributed by atoms with Gasteiger partial charge in [-0.25, -0.2) is 0 Å². The molecule has 0 aromatic rings. The Morgan fingerprint density at radius 2 is 2.00 bits per heavy atom. The van der Waals surface area contributed by atoms with Crippen molar-refractivity contribution in [3.05, 3.63) is 36.5 Å². The highest BCUT2D eigenvalue weighted by atomic mass is 16.4. The van der Waals surface area contributed by atoms with Crippen LogP contribution in [0.15, 0.2) is 36.5 Å². The molecule has 0 aromatic carbocycles. The van der Waals surface area contributed by atoms with Gasteiger partial charge in [-0.15, -0.1) is 0 Å². The Hall–Kier alpha value is -2.21. The van der Waals surface area contributed by atoms with Crippen molar-refractivity contribution in [3.63, 3.8) is 0 Å². The van der Waals surface area contributed by atoms with Gasteiger partial charge in [0.15, 0.2) is 11.2 Å². The molecule has 0 radical (unpaired) electrons. The molecule has 0 saturated heterocycles. The highest BCUT2D eigenvalue weighted by Gasteiger charge is 2.56. The predicted octanol–water partition coefficient (Wildman–Crippen LogP) is 0.392. The number of carbonyl (C=O) groups excluding carboxylic acids is 1. The van der Waals surface area contributed by atoms with Gasteiger partial charge in [0.05, 0.1) is 0 Å². The molecule has 0 amide bonds. The number of carboxylic acids is 2. The molecule has 0 aromatic heterocycles.